The van der Waals surface area contributed by atoms with Gasteiger partial charge in [-0.1, -0.05) is 123 Å². The van der Waals surface area contributed by atoms with Crippen molar-refractivity contribution in [1.82, 2.24) is 9.97 Å². The Balaban J connectivity index is 0.994. The number of aromatic nitrogens is 2. The first-order chi connectivity index (χ1) is 27.0. The Labute approximate surface area is 318 Å². The maximum atomic E-state index is 4.82. The third kappa shape index (κ3) is 3.69. The lowest BCUT2D eigenvalue weighted by Crippen LogP contribution is -2.15. The molecule has 3 aliphatic carbocycles. The predicted octanol–water partition coefficient (Wildman–Crippen LogP) is 14.0. The number of hydrogen-bond acceptors (Lipinski definition) is 2. The summed E-state index contributed by atoms with van der Waals surface area (Å²) in [6.07, 6.45) is 3.80. The lowest BCUT2D eigenvalue weighted by Gasteiger charge is -2.23. The molecule has 254 valence electrons. The average molecular weight is 697 g/mol. The molecule has 0 saturated heterocycles. The molecule has 0 unspecified atom stereocenters. The summed E-state index contributed by atoms with van der Waals surface area (Å²) in [5, 5.41) is 7.59. The van der Waals surface area contributed by atoms with Crippen LogP contribution in [0.1, 0.15) is 25.0 Å². The third-order valence-electron chi connectivity index (χ3n) is 13.0. The number of benzene rings is 8. The van der Waals surface area contributed by atoms with Gasteiger partial charge in [0.2, 0.25) is 0 Å². The zero-order chi connectivity index (χ0) is 36.2. The fourth-order valence-corrected chi connectivity index (χ4v) is 10.5. The summed E-state index contributed by atoms with van der Waals surface area (Å²) in [5.74, 6) is 0. The smallest absolute Gasteiger partial charge is 0.0780 e. The minimum absolute atomic E-state index is 0.153. The van der Waals surface area contributed by atoms with Gasteiger partial charge in [-0.15, -0.1) is 0 Å². The molecule has 3 aliphatic rings. The SMILES string of the molecule is CC1(C)c2cc3c(cc2-c2cc4c(cc21)-c1ccc(-c2cccc5cccnc25)c2cccc-4c12)-c1cccc2c(-c4cccc5cccnc45)ccc-3c12. The molecule has 0 N–H and O–H groups in total. The van der Waals surface area contributed by atoms with Crippen molar-refractivity contribution in [2.45, 2.75) is 19.3 Å². The monoisotopic (exact) mass is 696 g/mol. The first kappa shape index (κ1) is 29.5. The van der Waals surface area contributed by atoms with Gasteiger partial charge in [0.15, 0.2) is 0 Å². The summed E-state index contributed by atoms with van der Waals surface area (Å²) in [4.78, 5) is 9.64. The van der Waals surface area contributed by atoms with E-state index in [1.54, 1.807) is 0 Å². The number of nitrogens with zero attached hydrogens (tertiary/aromatic N) is 2. The molecule has 2 nitrogen and oxygen atoms in total. The van der Waals surface area contributed by atoms with Gasteiger partial charge in [-0.2, -0.15) is 0 Å². The van der Waals surface area contributed by atoms with Gasteiger partial charge < -0.3 is 0 Å². The van der Waals surface area contributed by atoms with Gasteiger partial charge in [-0.05, 0) is 136 Å². The van der Waals surface area contributed by atoms with Gasteiger partial charge in [0, 0.05) is 39.7 Å². The van der Waals surface area contributed by atoms with E-state index in [1.165, 1.54) is 111 Å². The van der Waals surface area contributed by atoms with E-state index >= 15 is 0 Å². The molecule has 8 aromatic carbocycles. The zero-order valence-corrected chi connectivity index (χ0v) is 30.4. The third-order valence-corrected chi connectivity index (χ3v) is 13.0. The van der Waals surface area contributed by atoms with Crippen LogP contribution < -0.4 is 0 Å². The summed E-state index contributed by atoms with van der Waals surface area (Å²) < 4.78 is 0. The van der Waals surface area contributed by atoms with Crippen LogP contribution in [0.4, 0.5) is 0 Å². The fraction of sp³-hybridized carbons (Fsp3) is 0.0566. The Morgan fingerprint density at radius 3 is 1.20 bits per heavy atom. The molecular formula is C53H32N2. The Morgan fingerprint density at radius 1 is 0.327 bits per heavy atom. The number of rotatable bonds is 2. The first-order valence-electron chi connectivity index (χ1n) is 19.2. The second-order valence-electron chi connectivity index (χ2n) is 16.1. The molecule has 0 saturated carbocycles. The summed E-state index contributed by atoms with van der Waals surface area (Å²) in [6, 6.07) is 54.5. The molecule has 55 heavy (non-hydrogen) atoms. The van der Waals surface area contributed by atoms with E-state index in [0.29, 0.717) is 0 Å². The maximum Gasteiger partial charge on any atom is 0.0780 e. The van der Waals surface area contributed by atoms with Crippen LogP contribution in [0.15, 0.2) is 158 Å². The van der Waals surface area contributed by atoms with E-state index in [2.05, 4.69) is 147 Å². The van der Waals surface area contributed by atoms with Crippen molar-refractivity contribution in [2.24, 2.45) is 0 Å². The topological polar surface area (TPSA) is 25.8 Å². The predicted molar refractivity (Wildman–Crippen MR) is 229 cm³/mol. The highest BCUT2D eigenvalue weighted by molar-refractivity contribution is 6.22. The second-order valence-corrected chi connectivity index (χ2v) is 16.1. The molecule has 0 aliphatic heterocycles. The minimum atomic E-state index is -0.153. The van der Waals surface area contributed by atoms with Gasteiger partial charge in [0.1, 0.15) is 0 Å². The highest BCUT2D eigenvalue weighted by atomic mass is 14.7. The molecule has 0 fully saturated rings. The molecular weight excluding hydrogens is 665 g/mol. The van der Waals surface area contributed by atoms with Gasteiger partial charge >= 0.3 is 0 Å². The Morgan fingerprint density at radius 2 is 0.709 bits per heavy atom. The minimum Gasteiger partial charge on any atom is -0.256 e. The number of hydrogen-bond donors (Lipinski definition) is 0. The summed E-state index contributed by atoms with van der Waals surface area (Å²) in [5.41, 5.74) is 22.9. The number of para-hydroxylation sites is 2. The molecule has 2 heterocycles. The van der Waals surface area contributed by atoms with Crippen molar-refractivity contribution < 1.29 is 0 Å². The molecule has 2 aromatic heterocycles. The van der Waals surface area contributed by atoms with Gasteiger partial charge in [0.25, 0.3) is 0 Å². The van der Waals surface area contributed by atoms with E-state index in [1.807, 2.05) is 24.5 Å². The van der Waals surface area contributed by atoms with Crippen molar-refractivity contribution in [3.05, 3.63) is 169 Å². The number of fused-ring (bicyclic) bond motifs is 11. The summed E-state index contributed by atoms with van der Waals surface area (Å²) >= 11 is 0. The summed E-state index contributed by atoms with van der Waals surface area (Å²) in [7, 11) is 0. The molecule has 0 bridgehead atoms. The first-order valence-corrected chi connectivity index (χ1v) is 19.2. The normalized spacial score (nSPS) is 13.8. The van der Waals surface area contributed by atoms with Crippen molar-refractivity contribution >= 4 is 43.4 Å². The van der Waals surface area contributed by atoms with Crippen molar-refractivity contribution in [1.29, 1.82) is 0 Å². The van der Waals surface area contributed by atoms with Crippen LogP contribution in [0, 0.1) is 0 Å². The highest BCUT2D eigenvalue weighted by Crippen LogP contribution is 2.59. The molecule has 10 aromatic rings. The Hall–Kier alpha value is -6.90. The van der Waals surface area contributed by atoms with Crippen LogP contribution in [-0.2, 0) is 5.41 Å². The fourth-order valence-electron chi connectivity index (χ4n) is 10.5. The second kappa shape index (κ2) is 10.2. The number of pyridine rings is 2. The van der Waals surface area contributed by atoms with Gasteiger partial charge in [-0.25, -0.2) is 0 Å². The standard InChI is InChI=1S/C53H32N2/c1-53(2)47-27-43-37-21-19-31(39-17-3-9-29-11-7-23-54-51(29)39)33-13-5-15-35(49(33)37)41(43)25-45(47)46-26-42-36-16-6-14-34-32(20-22-38(50(34)36)44(42)28-48(46)53)40-18-4-10-30-12-8-24-55-52(30)40/h3-28H,1-2H3. The van der Waals surface area contributed by atoms with Crippen LogP contribution in [0.2, 0.25) is 0 Å². The van der Waals surface area contributed by atoms with Crippen LogP contribution >= 0.6 is 0 Å². The van der Waals surface area contributed by atoms with E-state index in [-0.39, 0.29) is 5.41 Å². The van der Waals surface area contributed by atoms with E-state index in [4.69, 9.17) is 9.97 Å². The maximum absolute atomic E-state index is 4.82. The van der Waals surface area contributed by atoms with Crippen LogP contribution in [0.5, 0.6) is 0 Å². The Bertz CT molecular complexity index is 3170. The van der Waals surface area contributed by atoms with Crippen LogP contribution in [-0.4, -0.2) is 9.97 Å². The molecule has 0 amide bonds. The van der Waals surface area contributed by atoms with Crippen LogP contribution in [0.3, 0.4) is 0 Å². The molecule has 2 heteroatoms. The van der Waals surface area contributed by atoms with Gasteiger partial charge in [0.05, 0.1) is 11.0 Å². The molecule has 0 radical (unpaired) electrons. The van der Waals surface area contributed by atoms with Crippen LogP contribution in [0.25, 0.3) is 121 Å². The van der Waals surface area contributed by atoms with E-state index in [9.17, 15) is 0 Å². The van der Waals surface area contributed by atoms with Crippen molar-refractivity contribution in [2.75, 3.05) is 0 Å². The average Bonchev–Trinajstić information content (AvgIpc) is 3.80. The molecule has 0 atom stereocenters. The lowest BCUT2D eigenvalue weighted by atomic mass is 9.80. The lowest BCUT2D eigenvalue weighted by molar-refractivity contribution is 0.661. The largest absolute Gasteiger partial charge is 0.256 e. The molecule has 0 spiro atoms. The summed E-state index contributed by atoms with van der Waals surface area (Å²) in [6.45, 7) is 4.83. The zero-order valence-electron chi connectivity index (χ0n) is 30.4. The van der Waals surface area contributed by atoms with E-state index in [0.717, 1.165) is 21.8 Å². The van der Waals surface area contributed by atoms with Crippen molar-refractivity contribution in [3.63, 3.8) is 0 Å². The quantitative estimate of drug-likeness (QED) is 0.180. The molecule has 13 rings (SSSR count). The highest BCUT2D eigenvalue weighted by Gasteiger charge is 2.40. The van der Waals surface area contributed by atoms with E-state index < -0.39 is 0 Å². The Kier molecular flexibility index (Phi) is 5.47. The van der Waals surface area contributed by atoms with Crippen molar-refractivity contribution in [3.8, 4) is 77.9 Å². The van der Waals surface area contributed by atoms with Gasteiger partial charge in [-0.3, -0.25) is 9.97 Å².